The van der Waals surface area contributed by atoms with Gasteiger partial charge in [-0.1, -0.05) is 22.9 Å². The molecular weight excluding hydrogens is 459 g/mol. The highest BCUT2D eigenvalue weighted by atomic mass is 35.5. The number of carbonyl (C=O) groups excluding carboxylic acids is 2. The number of hydrogen-bond acceptors (Lipinski definition) is 7. The summed E-state index contributed by atoms with van der Waals surface area (Å²) in [6.07, 6.45) is -3.33. The summed E-state index contributed by atoms with van der Waals surface area (Å²) in [5.74, 6) is -0.699. The van der Waals surface area contributed by atoms with E-state index < -0.39 is 29.7 Å². The van der Waals surface area contributed by atoms with Gasteiger partial charge in [0, 0.05) is 10.6 Å². The van der Waals surface area contributed by atoms with Crippen molar-refractivity contribution < 1.29 is 27.5 Å². The summed E-state index contributed by atoms with van der Waals surface area (Å²) in [7, 11) is 1.24. The van der Waals surface area contributed by atoms with E-state index in [1.807, 2.05) is 0 Å². The number of aromatic nitrogens is 4. The lowest BCUT2D eigenvalue weighted by atomic mass is 10.1. The molecule has 0 spiro atoms. The van der Waals surface area contributed by atoms with E-state index >= 15 is 0 Å². The minimum atomic E-state index is -4.65. The Morgan fingerprint density at radius 3 is 2.65 bits per heavy atom. The van der Waals surface area contributed by atoms with Crippen LogP contribution < -0.4 is 5.32 Å². The standard InChI is InChI=1S/C18H15ClF3N5O3S/c1-8(24-15(28)10-4-11(18(20,21)22)6-12(19)5-10)14-25-9(2)26-27(14)17-23-7-13(31-17)16(29)30-3/h4-8H,1-3H3,(H,24,28)/t8-/m0/s1. The molecule has 1 aromatic carbocycles. The van der Waals surface area contributed by atoms with Gasteiger partial charge in [-0.15, -0.1) is 5.10 Å². The Kier molecular flexibility index (Phi) is 6.32. The van der Waals surface area contributed by atoms with Crippen LogP contribution in [0.2, 0.25) is 5.02 Å². The number of aryl methyl sites for hydroxylation is 1. The molecule has 2 aromatic heterocycles. The van der Waals surface area contributed by atoms with E-state index in [2.05, 4.69) is 25.1 Å². The zero-order valence-electron chi connectivity index (χ0n) is 16.3. The number of halogens is 4. The van der Waals surface area contributed by atoms with Crippen LogP contribution in [0, 0.1) is 6.92 Å². The first-order valence-electron chi connectivity index (χ1n) is 8.66. The molecule has 31 heavy (non-hydrogen) atoms. The smallest absolute Gasteiger partial charge is 0.416 e. The number of methoxy groups -OCH3 is 1. The summed E-state index contributed by atoms with van der Waals surface area (Å²) in [5, 5.41) is 6.89. The topological polar surface area (TPSA) is 99.0 Å². The van der Waals surface area contributed by atoms with Gasteiger partial charge < -0.3 is 10.1 Å². The molecule has 0 radical (unpaired) electrons. The molecule has 3 rings (SSSR count). The predicted octanol–water partition coefficient (Wildman–Crippen LogP) is 3.98. The second-order valence-corrected chi connectivity index (χ2v) is 7.79. The van der Waals surface area contributed by atoms with Gasteiger partial charge >= 0.3 is 12.1 Å². The second-order valence-electron chi connectivity index (χ2n) is 6.35. The highest BCUT2D eigenvalue weighted by Gasteiger charge is 2.32. The van der Waals surface area contributed by atoms with Gasteiger partial charge in [-0.2, -0.15) is 17.9 Å². The fraction of sp³-hybridized carbons (Fsp3) is 0.278. The third-order valence-corrected chi connectivity index (χ3v) is 5.19. The molecule has 0 saturated carbocycles. The van der Waals surface area contributed by atoms with Crippen molar-refractivity contribution in [3.05, 3.63) is 57.1 Å². The maximum absolute atomic E-state index is 13.0. The lowest BCUT2D eigenvalue weighted by Crippen LogP contribution is -2.29. The average molecular weight is 474 g/mol. The Bertz CT molecular complexity index is 1140. The van der Waals surface area contributed by atoms with E-state index in [1.54, 1.807) is 13.8 Å². The van der Waals surface area contributed by atoms with E-state index in [1.165, 1.54) is 18.0 Å². The first kappa shape index (κ1) is 22.7. The predicted molar refractivity (Wildman–Crippen MR) is 105 cm³/mol. The molecule has 1 N–H and O–H groups in total. The van der Waals surface area contributed by atoms with Gasteiger partial charge in [0.25, 0.3) is 5.91 Å². The van der Waals surface area contributed by atoms with Crippen molar-refractivity contribution in [2.24, 2.45) is 0 Å². The third kappa shape index (κ3) is 5.02. The number of alkyl halides is 3. The molecule has 0 aliphatic heterocycles. The SMILES string of the molecule is COC(=O)c1cnc(-n2nc(C)nc2[C@H](C)NC(=O)c2cc(Cl)cc(C(F)(F)F)c2)s1. The minimum absolute atomic E-state index is 0.218. The molecule has 0 aliphatic rings. The molecule has 1 amide bonds. The summed E-state index contributed by atoms with van der Waals surface area (Å²) in [6.45, 7) is 3.21. The van der Waals surface area contributed by atoms with Crippen molar-refractivity contribution >= 4 is 34.8 Å². The van der Waals surface area contributed by atoms with Gasteiger partial charge in [-0.25, -0.2) is 14.8 Å². The first-order valence-corrected chi connectivity index (χ1v) is 9.85. The lowest BCUT2D eigenvalue weighted by Gasteiger charge is -2.15. The number of nitrogens with one attached hydrogen (secondary N) is 1. The van der Waals surface area contributed by atoms with Crippen LogP contribution in [-0.4, -0.2) is 38.7 Å². The number of benzene rings is 1. The zero-order chi connectivity index (χ0) is 22.9. The Balaban J connectivity index is 1.87. The lowest BCUT2D eigenvalue weighted by molar-refractivity contribution is -0.137. The van der Waals surface area contributed by atoms with Crippen LogP contribution in [0.4, 0.5) is 13.2 Å². The monoisotopic (exact) mass is 473 g/mol. The van der Waals surface area contributed by atoms with Crippen LogP contribution in [-0.2, 0) is 10.9 Å². The number of amides is 1. The molecule has 1 atom stereocenters. The summed E-state index contributed by atoms with van der Waals surface area (Å²) >= 11 is 6.76. The largest absolute Gasteiger partial charge is 0.465 e. The average Bonchev–Trinajstić information content (AvgIpc) is 3.32. The fourth-order valence-electron chi connectivity index (χ4n) is 2.64. The number of hydrogen-bond donors (Lipinski definition) is 1. The number of thiazole rings is 1. The Labute approximate surface area is 183 Å². The number of nitrogens with zero attached hydrogens (tertiary/aromatic N) is 4. The molecule has 0 aliphatic carbocycles. The van der Waals surface area contributed by atoms with E-state index in [0.717, 1.165) is 23.5 Å². The molecule has 0 saturated heterocycles. The molecule has 2 heterocycles. The van der Waals surface area contributed by atoms with Crippen molar-refractivity contribution in [2.45, 2.75) is 26.1 Å². The van der Waals surface area contributed by atoms with Crippen LogP contribution >= 0.6 is 22.9 Å². The van der Waals surface area contributed by atoms with Crippen LogP contribution in [0.1, 0.15) is 50.2 Å². The van der Waals surface area contributed by atoms with Gasteiger partial charge in [-0.05, 0) is 32.0 Å². The van der Waals surface area contributed by atoms with Crippen LogP contribution in [0.15, 0.2) is 24.4 Å². The molecule has 13 heteroatoms. The molecule has 164 valence electrons. The molecule has 0 unspecified atom stereocenters. The molecular formula is C18H15ClF3N5O3S. The fourth-order valence-corrected chi connectivity index (χ4v) is 3.67. The van der Waals surface area contributed by atoms with Crippen molar-refractivity contribution in [3.63, 3.8) is 0 Å². The summed E-state index contributed by atoms with van der Waals surface area (Å²) in [4.78, 5) is 32.9. The highest BCUT2D eigenvalue weighted by molar-refractivity contribution is 7.15. The van der Waals surface area contributed by atoms with Gasteiger partial charge in [-0.3, -0.25) is 4.79 Å². The third-order valence-electron chi connectivity index (χ3n) is 4.02. The highest BCUT2D eigenvalue weighted by Crippen LogP contribution is 2.32. The molecule has 0 fully saturated rings. The first-order chi connectivity index (χ1) is 14.5. The molecule has 3 aromatic rings. The van der Waals surface area contributed by atoms with Crippen molar-refractivity contribution in [1.29, 1.82) is 0 Å². The summed E-state index contributed by atoms with van der Waals surface area (Å²) in [5.41, 5.74) is -1.29. The van der Waals surface area contributed by atoms with Gasteiger partial charge in [0.1, 0.15) is 10.7 Å². The van der Waals surface area contributed by atoms with E-state index in [0.29, 0.717) is 17.0 Å². The van der Waals surface area contributed by atoms with E-state index in [4.69, 9.17) is 11.6 Å². The van der Waals surface area contributed by atoms with Crippen molar-refractivity contribution in [3.8, 4) is 5.13 Å². The van der Waals surface area contributed by atoms with Crippen molar-refractivity contribution in [1.82, 2.24) is 25.1 Å². The van der Waals surface area contributed by atoms with Gasteiger partial charge in [0.2, 0.25) is 5.13 Å². The Hall–Kier alpha value is -2.99. The number of carbonyl (C=O) groups is 2. The number of ether oxygens (including phenoxy) is 1. The van der Waals surface area contributed by atoms with Crippen LogP contribution in [0.3, 0.4) is 0 Å². The maximum Gasteiger partial charge on any atom is 0.416 e. The Morgan fingerprint density at radius 1 is 1.29 bits per heavy atom. The quantitative estimate of drug-likeness (QED) is 0.563. The van der Waals surface area contributed by atoms with Gasteiger partial charge in [0.15, 0.2) is 5.82 Å². The number of esters is 1. The summed E-state index contributed by atoms with van der Waals surface area (Å²) in [6, 6.07) is 1.84. The normalized spacial score (nSPS) is 12.5. The minimum Gasteiger partial charge on any atom is -0.465 e. The van der Waals surface area contributed by atoms with Crippen LogP contribution in [0.5, 0.6) is 0 Å². The van der Waals surface area contributed by atoms with E-state index in [9.17, 15) is 22.8 Å². The molecule has 8 nitrogen and oxygen atoms in total. The molecule has 0 bridgehead atoms. The summed E-state index contributed by atoms with van der Waals surface area (Å²) < 4.78 is 45.0. The van der Waals surface area contributed by atoms with E-state index in [-0.39, 0.29) is 21.3 Å². The van der Waals surface area contributed by atoms with Gasteiger partial charge in [0.05, 0.1) is 24.9 Å². The zero-order valence-corrected chi connectivity index (χ0v) is 17.9. The van der Waals surface area contributed by atoms with Crippen LogP contribution in [0.25, 0.3) is 5.13 Å². The maximum atomic E-state index is 13.0. The second kappa shape index (κ2) is 8.63. The number of rotatable bonds is 5. The Morgan fingerprint density at radius 2 is 2.00 bits per heavy atom. The van der Waals surface area contributed by atoms with Crippen molar-refractivity contribution in [2.75, 3.05) is 7.11 Å².